The van der Waals surface area contributed by atoms with Crippen LogP contribution < -0.4 is 15.4 Å². The van der Waals surface area contributed by atoms with Crippen molar-refractivity contribution in [1.29, 1.82) is 0 Å². The summed E-state index contributed by atoms with van der Waals surface area (Å²) in [7, 11) is 1.65. The van der Waals surface area contributed by atoms with Crippen molar-refractivity contribution in [3.8, 4) is 5.75 Å². The second-order valence-electron chi connectivity index (χ2n) is 5.49. The summed E-state index contributed by atoms with van der Waals surface area (Å²) in [6.07, 6.45) is 1.99. The smallest absolute Gasteiger partial charge is 0.237 e. The number of hydrogen-bond acceptors (Lipinski definition) is 3. The van der Waals surface area contributed by atoms with Gasteiger partial charge in [-0.1, -0.05) is 12.1 Å². The Hall–Kier alpha value is -1.55. The van der Waals surface area contributed by atoms with Crippen LogP contribution in [-0.2, 0) is 10.3 Å². The van der Waals surface area contributed by atoms with Crippen molar-refractivity contribution in [3.63, 3.8) is 0 Å². The van der Waals surface area contributed by atoms with Crippen LogP contribution in [0.1, 0.15) is 32.3 Å². The Kier molecular flexibility index (Phi) is 4.10. The van der Waals surface area contributed by atoms with Gasteiger partial charge in [-0.3, -0.25) is 4.79 Å². The molecule has 1 atom stereocenters. The molecule has 1 aromatic carbocycles. The first kappa shape index (κ1) is 13.9. The maximum atomic E-state index is 12.2. The highest BCUT2D eigenvalue weighted by Gasteiger charge is 2.28. The van der Waals surface area contributed by atoms with Crippen LogP contribution in [-0.4, -0.2) is 25.6 Å². The molecule has 104 valence electrons. The summed E-state index contributed by atoms with van der Waals surface area (Å²) in [6.45, 7) is 4.96. The van der Waals surface area contributed by atoms with Crippen LogP contribution in [0.25, 0.3) is 0 Å². The number of nitrogens with one attached hydrogen (secondary N) is 2. The first-order valence-electron chi connectivity index (χ1n) is 6.73. The molecule has 1 aliphatic rings. The van der Waals surface area contributed by atoms with Crippen LogP contribution in [0.2, 0.25) is 0 Å². The second kappa shape index (κ2) is 5.61. The number of hydrogen-bond donors (Lipinski definition) is 2. The summed E-state index contributed by atoms with van der Waals surface area (Å²) in [6, 6.07) is 7.76. The molecular formula is C15H22N2O2. The molecule has 1 heterocycles. The maximum Gasteiger partial charge on any atom is 0.237 e. The van der Waals surface area contributed by atoms with Gasteiger partial charge in [-0.15, -0.1) is 0 Å². The van der Waals surface area contributed by atoms with Crippen LogP contribution in [0, 0.1) is 0 Å². The van der Waals surface area contributed by atoms with Crippen molar-refractivity contribution in [2.24, 2.45) is 0 Å². The molecule has 0 aromatic heterocycles. The van der Waals surface area contributed by atoms with Gasteiger partial charge >= 0.3 is 0 Å². The van der Waals surface area contributed by atoms with E-state index in [1.807, 2.05) is 38.1 Å². The zero-order valence-corrected chi connectivity index (χ0v) is 11.8. The van der Waals surface area contributed by atoms with Crippen molar-refractivity contribution in [1.82, 2.24) is 10.6 Å². The van der Waals surface area contributed by atoms with Gasteiger partial charge < -0.3 is 15.4 Å². The first-order valence-corrected chi connectivity index (χ1v) is 6.73. The van der Waals surface area contributed by atoms with E-state index in [0.717, 1.165) is 30.7 Å². The fourth-order valence-electron chi connectivity index (χ4n) is 2.38. The molecule has 0 aliphatic carbocycles. The normalized spacial score (nSPS) is 19.2. The minimum Gasteiger partial charge on any atom is -0.497 e. The van der Waals surface area contributed by atoms with Crippen molar-refractivity contribution in [3.05, 3.63) is 29.8 Å². The molecule has 4 heteroatoms. The largest absolute Gasteiger partial charge is 0.497 e. The molecule has 4 nitrogen and oxygen atoms in total. The lowest BCUT2D eigenvalue weighted by Crippen LogP contribution is -2.48. The van der Waals surface area contributed by atoms with Crippen molar-refractivity contribution >= 4 is 5.91 Å². The van der Waals surface area contributed by atoms with Crippen LogP contribution >= 0.6 is 0 Å². The third kappa shape index (κ3) is 3.26. The molecule has 0 saturated carbocycles. The third-order valence-corrected chi connectivity index (χ3v) is 3.62. The van der Waals surface area contributed by atoms with E-state index in [0.29, 0.717) is 0 Å². The molecule has 19 heavy (non-hydrogen) atoms. The lowest BCUT2D eigenvalue weighted by Gasteiger charge is -2.28. The highest BCUT2D eigenvalue weighted by molar-refractivity contribution is 5.82. The maximum absolute atomic E-state index is 12.2. The Morgan fingerprint density at radius 1 is 1.37 bits per heavy atom. The molecule has 2 rings (SSSR count). The molecule has 1 aromatic rings. The Morgan fingerprint density at radius 3 is 2.58 bits per heavy atom. The molecule has 1 amide bonds. The summed E-state index contributed by atoms with van der Waals surface area (Å²) < 4.78 is 5.15. The van der Waals surface area contributed by atoms with Crippen molar-refractivity contribution in [2.45, 2.75) is 38.3 Å². The Bertz CT molecular complexity index is 434. The van der Waals surface area contributed by atoms with Crippen LogP contribution in [0.5, 0.6) is 5.75 Å². The Balaban J connectivity index is 2.05. The SMILES string of the molecule is COc1ccc(C(C)(C)NC(=O)C2CCCN2)cc1. The molecule has 1 saturated heterocycles. The standard InChI is InChI=1S/C15H22N2O2/c1-15(2,11-6-8-12(19-3)9-7-11)17-14(18)13-5-4-10-16-13/h6-9,13,16H,4-5,10H2,1-3H3,(H,17,18). The monoisotopic (exact) mass is 262 g/mol. The number of carbonyl (C=O) groups is 1. The van der Waals surface area contributed by atoms with Crippen LogP contribution in [0.3, 0.4) is 0 Å². The molecule has 0 bridgehead atoms. The number of rotatable bonds is 4. The van der Waals surface area contributed by atoms with Gasteiger partial charge in [0.25, 0.3) is 0 Å². The van der Waals surface area contributed by atoms with E-state index in [1.54, 1.807) is 7.11 Å². The summed E-state index contributed by atoms with van der Waals surface area (Å²) in [5, 5.41) is 6.33. The van der Waals surface area contributed by atoms with Gasteiger partial charge in [0.1, 0.15) is 5.75 Å². The minimum atomic E-state index is -0.381. The fourth-order valence-corrected chi connectivity index (χ4v) is 2.38. The van der Waals surface area contributed by atoms with E-state index < -0.39 is 0 Å². The van der Waals surface area contributed by atoms with E-state index in [4.69, 9.17) is 4.74 Å². The van der Waals surface area contributed by atoms with Gasteiger partial charge in [0.15, 0.2) is 0 Å². The second-order valence-corrected chi connectivity index (χ2v) is 5.49. The fraction of sp³-hybridized carbons (Fsp3) is 0.533. The summed E-state index contributed by atoms with van der Waals surface area (Å²) in [4.78, 5) is 12.2. The molecule has 0 radical (unpaired) electrons. The molecule has 1 unspecified atom stereocenters. The van der Waals surface area contributed by atoms with Gasteiger partial charge in [0.05, 0.1) is 18.7 Å². The number of carbonyl (C=O) groups excluding carboxylic acids is 1. The van der Waals surface area contributed by atoms with Gasteiger partial charge in [-0.05, 0) is 50.9 Å². The zero-order chi connectivity index (χ0) is 13.9. The highest BCUT2D eigenvalue weighted by Crippen LogP contribution is 2.23. The van der Waals surface area contributed by atoms with E-state index in [9.17, 15) is 4.79 Å². The lowest BCUT2D eigenvalue weighted by molar-refractivity contribution is -0.124. The van der Waals surface area contributed by atoms with E-state index >= 15 is 0 Å². The number of amides is 1. The quantitative estimate of drug-likeness (QED) is 0.870. The van der Waals surface area contributed by atoms with Crippen LogP contribution in [0.4, 0.5) is 0 Å². The van der Waals surface area contributed by atoms with Gasteiger partial charge in [-0.2, -0.15) is 0 Å². The minimum absolute atomic E-state index is 0.0440. The molecule has 2 N–H and O–H groups in total. The predicted molar refractivity (Wildman–Crippen MR) is 75.2 cm³/mol. The molecule has 1 aliphatic heterocycles. The topological polar surface area (TPSA) is 50.4 Å². The van der Waals surface area contributed by atoms with Gasteiger partial charge in [-0.25, -0.2) is 0 Å². The van der Waals surface area contributed by atoms with Gasteiger partial charge in [0, 0.05) is 0 Å². The Labute approximate surface area is 114 Å². The summed E-state index contributed by atoms with van der Waals surface area (Å²) in [5.74, 6) is 0.904. The Morgan fingerprint density at radius 2 is 2.05 bits per heavy atom. The number of ether oxygens (including phenoxy) is 1. The van der Waals surface area contributed by atoms with E-state index in [1.165, 1.54) is 0 Å². The predicted octanol–water partition coefficient (Wildman–Crippen LogP) is 1.80. The van der Waals surface area contributed by atoms with Crippen LogP contribution in [0.15, 0.2) is 24.3 Å². The van der Waals surface area contributed by atoms with Crippen molar-refractivity contribution < 1.29 is 9.53 Å². The number of methoxy groups -OCH3 is 1. The van der Waals surface area contributed by atoms with E-state index in [2.05, 4.69) is 10.6 Å². The summed E-state index contributed by atoms with van der Waals surface area (Å²) >= 11 is 0. The molecule has 0 spiro atoms. The first-order chi connectivity index (χ1) is 9.03. The molecule has 1 fully saturated rings. The number of benzene rings is 1. The summed E-state index contributed by atoms with van der Waals surface area (Å²) in [5.41, 5.74) is 0.688. The molecular weight excluding hydrogens is 240 g/mol. The zero-order valence-electron chi connectivity index (χ0n) is 11.8. The van der Waals surface area contributed by atoms with E-state index in [-0.39, 0.29) is 17.5 Å². The van der Waals surface area contributed by atoms with Gasteiger partial charge in [0.2, 0.25) is 5.91 Å². The van der Waals surface area contributed by atoms with Crippen molar-refractivity contribution in [2.75, 3.05) is 13.7 Å². The average Bonchev–Trinajstić information content (AvgIpc) is 2.92. The average molecular weight is 262 g/mol. The third-order valence-electron chi connectivity index (χ3n) is 3.62. The highest BCUT2D eigenvalue weighted by atomic mass is 16.5. The lowest BCUT2D eigenvalue weighted by atomic mass is 9.93.